The number of hydrogen-bond donors (Lipinski definition) is 3. The molecule has 1 fully saturated rings. The molecule has 0 atom stereocenters. The summed E-state index contributed by atoms with van der Waals surface area (Å²) in [7, 11) is 0. The van der Waals surface area contributed by atoms with Crippen molar-refractivity contribution in [1.82, 2.24) is 16.2 Å². The lowest BCUT2D eigenvalue weighted by molar-refractivity contribution is -0.126. The molecule has 28 heavy (non-hydrogen) atoms. The standard InChI is InChI=1S/C19H25ClFN3O4/c1-19(2,3)28-18(27)22-13-7-4-11(5-8-13)16(25)23-24-17(26)12-6-9-14(20)15(21)10-12/h6,9-11,13H,4-5,7-8H2,1-3H3,(H,22,27)(H,23,25)(H,24,26). The van der Waals surface area contributed by atoms with Crippen molar-refractivity contribution in [2.75, 3.05) is 0 Å². The highest BCUT2D eigenvalue weighted by Crippen LogP contribution is 2.24. The lowest BCUT2D eigenvalue weighted by Gasteiger charge is -2.29. The van der Waals surface area contributed by atoms with Crippen molar-refractivity contribution in [2.45, 2.75) is 58.1 Å². The number of benzene rings is 1. The zero-order valence-corrected chi connectivity index (χ0v) is 16.9. The molecule has 2 rings (SSSR count). The van der Waals surface area contributed by atoms with Crippen molar-refractivity contribution in [3.8, 4) is 0 Å². The summed E-state index contributed by atoms with van der Waals surface area (Å²) < 4.78 is 18.6. The largest absolute Gasteiger partial charge is 0.444 e. The fourth-order valence-corrected chi connectivity index (χ4v) is 3.02. The Morgan fingerprint density at radius 1 is 1.11 bits per heavy atom. The van der Waals surface area contributed by atoms with Gasteiger partial charge in [-0.1, -0.05) is 11.6 Å². The van der Waals surface area contributed by atoms with Crippen LogP contribution >= 0.6 is 11.6 Å². The number of hydrazine groups is 1. The molecule has 0 aromatic heterocycles. The topological polar surface area (TPSA) is 96.5 Å². The molecule has 3 amide bonds. The molecule has 0 aliphatic heterocycles. The zero-order valence-electron chi connectivity index (χ0n) is 16.1. The first-order chi connectivity index (χ1) is 13.0. The highest BCUT2D eigenvalue weighted by molar-refractivity contribution is 6.30. The summed E-state index contributed by atoms with van der Waals surface area (Å²) in [5, 5.41) is 2.72. The molecule has 1 aromatic carbocycles. The van der Waals surface area contributed by atoms with Crippen LogP contribution in [-0.2, 0) is 9.53 Å². The Balaban J connectivity index is 1.75. The summed E-state index contributed by atoms with van der Waals surface area (Å²) in [4.78, 5) is 36.0. The number of hydrogen-bond acceptors (Lipinski definition) is 4. The van der Waals surface area contributed by atoms with Gasteiger partial charge in [-0.2, -0.15) is 0 Å². The number of carbonyl (C=O) groups excluding carboxylic acids is 3. The van der Waals surface area contributed by atoms with Crippen molar-refractivity contribution >= 4 is 29.5 Å². The van der Waals surface area contributed by atoms with Gasteiger partial charge in [0.15, 0.2) is 0 Å². The van der Waals surface area contributed by atoms with E-state index in [9.17, 15) is 18.8 Å². The van der Waals surface area contributed by atoms with Crippen LogP contribution < -0.4 is 16.2 Å². The molecule has 9 heteroatoms. The van der Waals surface area contributed by atoms with E-state index in [2.05, 4.69) is 16.2 Å². The maximum atomic E-state index is 13.4. The first-order valence-corrected chi connectivity index (χ1v) is 9.47. The third-order valence-electron chi connectivity index (χ3n) is 4.30. The van der Waals surface area contributed by atoms with Crippen molar-refractivity contribution < 1.29 is 23.5 Å². The minimum Gasteiger partial charge on any atom is -0.444 e. The molecule has 1 saturated carbocycles. The van der Waals surface area contributed by atoms with Gasteiger partial charge in [0.1, 0.15) is 11.4 Å². The van der Waals surface area contributed by atoms with Crippen LogP contribution in [0.1, 0.15) is 56.8 Å². The molecule has 7 nitrogen and oxygen atoms in total. The van der Waals surface area contributed by atoms with Crippen molar-refractivity contribution in [3.63, 3.8) is 0 Å². The van der Waals surface area contributed by atoms with E-state index in [4.69, 9.17) is 16.3 Å². The smallest absolute Gasteiger partial charge is 0.407 e. The third-order valence-corrected chi connectivity index (χ3v) is 4.61. The van der Waals surface area contributed by atoms with E-state index in [1.165, 1.54) is 12.1 Å². The van der Waals surface area contributed by atoms with Gasteiger partial charge >= 0.3 is 6.09 Å². The number of alkyl carbamates (subject to hydrolysis) is 1. The van der Waals surface area contributed by atoms with Gasteiger partial charge in [0.25, 0.3) is 5.91 Å². The van der Waals surface area contributed by atoms with Gasteiger partial charge in [-0.15, -0.1) is 0 Å². The highest BCUT2D eigenvalue weighted by atomic mass is 35.5. The predicted octanol–water partition coefficient (Wildman–Crippen LogP) is 3.32. The number of rotatable bonds is 3. The Kier molecular flexibility index (Phi) is 7.23. The van der Waals surface area contributed by atoms with Crippen LogP contribution in [0, 0.1) is 11.7 Å². The van der Waals surface area contributed by atoms with Crippen LogP contribution in [0.4, 0.5) is 9.18 Å². The second-order valence-corrected chi connectivity index (χ2v) is 8.17. The lowest BCUT2D eigenvalue weighted by Crippen LogP contribution is -2.47. The summed E-state index contributed by atoms with van der Waals surface area (Å²) in [6, 6.07) is 3.58. The summed E-state index contributed by atoms with van der Waals surface area (Å²) in [6.07, 6.45) is 1.93. The third kappa shape index (κ3) is 6.67. The Hall–Kier alpha value is -2.35. The van der Waals surface area contributed by atoms with Crippen molar-refractivity contribution in [2.24, 2.45) is 5.92 Å². The molecule has 0 bridgehead atoms. The highest BCUT2D eigenvalue weighted by Gasteiger charge is 2.28. The van der Waals surface area contributed by atoms with Crippen LogP contribution in [0.25, 0.3) is 0 Å². The molecular formula is C19H25ClFN3O4. The normalized spacial score (nSPS) is 19.5. The van der Waals surface area contributed by atoms with Gasteiger partial charge in [-0.25, -0.2) is 9.18 Å². The molecule has 0 unspecified atom stereocenters. The van der Waals surface area contributed by atoms with E-state index < -0.39 is 23.4 Å². The van der Waals surface area contributed by atoms with Crippen LogP contribution in [-0.4, -0.2) is 29.6 Å². The van der Waals surface area contributed by atoms with E-state index in [1.54, 1.807) is 20.8 Å². The maximum absolute atomic E-state index is 13.4. The number of nitrogens with one attached hydrogen (secondary N) is 3. The van der Waals surface area contributed by atoms with Gasteiger partial charge in [-0.3, -0.25) is 20.4 Å². The number of amides is 3. The molecule has 1 aliphatic carbocycles. The quantitative estimate of drug-likeness (QED) is 0.662. The van der Waals surface area contributed by atoms with Gasteiger partial charge in [0, 0.05) is 17.5 Å². The van der Waals surface area contributed by atoms with Gasteiger partial charge in [0.2, 0.25) is 5.91 Å². The van der Waals surface area contributed by atoms with E-state index in [0.717, 1.165) is 6.07 Å². The van der Waals surface area contributed by atoms with Crippen LogP contribution in [0.3, 0.4) is 0 Å². The van der Waals surface area contributed by atoms with Gasteiger partial charge in [0.05, 0.1) is 5.02 Å². The Morgan fingerprint density at radius 2 is 1.75 bits per heavy atom. The molecule has 1 aromatic rings. The molecule has 3 N–H and O–H groups in total. The first-order valence-electron chi connectivity index (χ1n) is 9.10. The minimum absolute atomic E-state index is 0.0486. The van der Waals surface area contributed by atoms with E-state index in [0.29, 0.717) is 25.7 Å². The fourth-order valence-electron chi connectivity index (χ4n) is 2.90. The summed E-state index contributed by atoms with van der Waals surface area (Å²) in [5.74, 6) is -1.95. The molecule has 0 radical (unpaired) electrons. The second-order valence-electron chi connectivity index (χ2n) is 7.77. The van der Waals surface area contributed by atoms with Crippen molar-refractivity contribution in [3.05, 3.63) is 34.6 Å². The van der Waals surface area contributed by atoms with E-state index in [1.807, 2.05) is 0 Å². The SMILES string of the molecule is CC(C)(C)OC(=O)NC1CCC(C(=O)NNC(=O)c2ccc(Cl)c(F)c2)CC1. The number of carbonyl (C=O) groups is 3. The molecule has 1 aliphatic rings. The molecular weight excluding hydrogens is 389 g/mol. The average molecular weight is 414 g/mol. The summed E-state index contributed by atoms with van der Waals surface area (Å²) >= 11 is 5.58. The Labute approximate surface area is 168 Å². The van der Waals surface area contributed by atoms with Crippen molar-refractivity contribution in [1.29, 1.82) is 0 Å². The van der Waals surface area contributed by atoms with Gasteiger partial charge < -0.3 is 10.1 Å². The number of halogens is 2. The average Bonchev–Trinajstić information content (AvgIpc) is 2.60. The molecule has 0 spiro atoms. The minimum atomic E-state index is -0.712. The molecule has 0 heterocycles. The zero-order chi connectivity index (χ0) is 20.9. The van der Waals surface area contributed by atoms with Crippen LogP contribution in [0.15, 0.2) is 18.2 Å². The van der Waals surface area contributed by atoms with Crippen LogP contribution in [0.2, 0.25) is 5.02 Å². The lowest BCUT2D eigenvalue weighted by atomic mass is 9.85. The van der Waals surface area contributed by atoms with E-state index in [-0.39, 0.29) is 28.5 Å². The maximum Gasteiger partial charge on any atom is 0.407 e. The Bertz CT molecular complexity index is 743. The summed E-state index contributed by atoms with van der Waals surface area (Å²) in [5.41, 5.74) is 4.12. The van der Waals surface area contributed by atoms with E-state index >= 15 is 0 Å². The number of ether oxygens (including phenoxy) is 1. The molecule has 0 saturated heterocycles. The first kappa shape index (κ1) is 21.9. The Morgan fingerprint density at radius 3 is 2.32 bits per heavy atom. The monoisotopic (exact) mass is 413 g/mol. The van der Waals surface area contributed by atoms with Gasteiger partial charge in [-0.05, 0) is 64.7 Å². The molecule has 154 valence electrons. The fraction of sp³-hybridized carbons (Fsp3) is 0.526. The predicted molar refractivity (Wildman–Crippen MR) is 102 cm³/mol. The van der Waals surface area contributed by atoms with Crippen LogP contribution in [0.5, 0.6) is 0 Å². The summed E-state index contributed by atoms with van der Waals surface area (Å²) in [6.45, 7) is 5.38. The second kappa shape index (κ2) is 9.23.